The van der Waals surface area contributed by atoms with E-state index in [0.717, 1.165) is 11.3 Å². The number of carbonyl (C=O) groups is 2. The van der Waals surface area contributed by atoms with E-state index in [1.54, 1.807) is 34.9 Å². The Labute approximate surface area is 200 Å². The fourth-order valence-corrected chi connectivity index (χ4v) is 7.47. The van der Waals surface area contributed by atoms with Gasteiger partial charge in [-0.25, -0.2) is 4.98 Å². The Morgan fingerprint density at radius 2 is 1.78 bits per heavy atom. The minimum atomic E-state index is -1.10. The van der Waals surface area contributed by atoms with Crippen LogP contribution in [0.4, 0.5) is 5.69 Å². The molecular formula is C23H18Br2N4O3. The van der Waals surface area contributed by atoms with E-state index >= 15 is 0 Å². The molecule has 162 valence electrons. The standard InChI is InChI=1S/C23H18Br2N4O3/c1-11-20(31)29-19-17(14-8-4-6-10-16(14)28(19)12(2)30)18(24)23(29,25)22-26-15-9-5-3-7-13(15)21(32)27(11)22/h3-11,17-19H,1-2H3/t11-,17-,18-,19+,23+/m0/s1. The van der Waals surface area contributed by atoms with Crippen LogP contribution >= 0.6 is 31.9 Å². The molecule has 0 spiro atoms. The molecular weight excluding hydrogens is 540 g/mol. The van der Waals surface area contributed by atoms with Gasteiger partial charge in [-0.2, -0.15) is 0 Å². The smallest absolute Gasteiger partial charge is 0.262 e. The van der Waals surface area contributed by atoms with E-state index in [4.69, 9.17) is 4.98 Å². The van der Waals surface area contributed by atoms with Gasteiger partial charge in [0.15, 0.2) is 10.3 Å². The highest BCUT2D eigenvalue weighted by Gasteiger charge is 2.68. The van der Waals surface area contributed by atoms with Gasteiger partial charge in [-0.1, -0.05) is 62.2 Å². The molecule has 1 saturated heterocycles. The van der Waals surface area contributed by atoms with Crippen molar-refractivity contribution in [2.24, 2.45) is 0 Å². The first-order valence-corrected chi connectivity index (χ1v) is 12.1. The number of amides is 2. The number of para-hydroxylation sites is 2. The van der Waals surface area contributed by atoms with Crippen LogP contribution in [0.5, 0.6) is 0 Å². The molecule has 2 aromatic carbocycles. The zero-order valence-electron chi connectivity index (χ0n) is 17.2. The number of halogens is 2. The summed E-state index contributed by atoms with van der Waals surface area (Å²) in [5.41, 5.74) is 2.12. The van der Waals surface area contributed by atoms with Crippen molar-refractivity contribution in [3.05, 3.63) is 70.3 Å². The third-order valence-corrected chi connectivity index (χ3v) is 9.96. The van der Waals surface area contributed by atoms with E-state index in [-0.39, 0.29) is 28.1 Å². The number of fused-ring (bicyclic) bond motifs is 8. The molecule has 2 amide bonds. The minimum Gasteiger partial charge on any atom is -0.296 e. The molecule has 0 N–H and O–H groups in total. The quantitative estimate of drug-likeness (QED) is 0.313. The summed E-state index contributed by atoms with van der Waals surface area (Å²) < 4.78 is 0.394. The highest BCUT2D eigenvalue weighted by molar-refractivity contribution is 9.12. The van der Waals surface area contributed by atoms with Crippen LogP contribution in [0.3, 0.4) is 0 Å². The summed E-state index contributed by atoms with van der Waals surface area (Å²) in [7, 11) is 0. The van der Waals surface area contributed by atoms with Crippen molar-refractivity contribution in [2.45, 2.75) is 41.2 Å². The zero-order chi connectivity index (χ0) is 22.5. The van der Waals surface area contributed by atoms with Crippen molar-refractivity contribution in [3.63, 3.8) is 0 Å². The first-order chi connectivity index (χ1) is 15.3. The Kier molecular flexibility index (Phi) is 4.09. The number of benzene rings is 2. The van der Waals surface area contributed by atoms with Gasteiger partial charge < -0.3 is 0 Å². The number of nitrogens with zero attached hydrogens (tertiary/aromatic N) is 4. The van der Waals surface area contributed by atoms with Gasteiger partial charge in [-0.3, -0.25) is 28.8 Å². The third-order valence-electron chi connectivity index (χ3n) is 6.88. The summed E-state index contributed by atoms with van der Waals surface area (Å²) in [4.78, 5) is 48.0. The number of aromatic nitrogens is 2. The first-order valence-electron chi connectivity index (χ1n) is 10.3. The van der Waals surface area contributed by atoms with E-state index in [1.165, 1.54) is 11.5 Å². The monoisotopic (exact) mass is 556 g/mol. The van der Waals surface area contributed by atoms with Gasteiger partial charge in [0.05, 0.1) is 15.7 Å². The second-order valence-corrected chi connectivity index (χ2v) is 10.7. The van der Waals surface area contributed by atoms with Crippen LogP contribution < -0.4 is 10.5 Å². The number of anilines is 1. The molecule has 0 unspecified atom stereocenters. The van der Waals surface area contributed by atoms with Crippen LogP contribution in [-0.2, 0) is 14.0 Å². The van der Waals surface area contributed by atoms with Gasteiger partial charge in [0.2, 0.25) is 11.8 Å². The summed E-state index contributed by atoms with van der Waals surface area (Å²) in [6.45, 7) is 3.23. The molecule has 9 heteroatoms. The predicted octanol–water partition coefficient (Wildman–Crippen LogP) is 3.60. The second kappa shape index (κ2) is 6.51. The topological polar surface area (TPSA) is 75.5 Å². The summed E-state index contributed by atoms with van der Waals surface area (Å²) in [5, 5.41) is 0.473. The van der Waals surface area contributed by atoms with Gasteiger partial charge in [-0.05, 0) is 30.7 Å². The van der Waals surface area contributed by atoms with Gasteiger partial charge in [0.1, 0.15) is 12.2 Å². The molecule has 1 fully saturated rings. The molecule has 3 aliphatic rings. The fraction of sp³-hybridized carbons (Fsp3) is 0.304. The van der Waals surface area contributed by atoms with Crippen molar-refractivity contribution in [3.8, 4) is 0 Å². The number of alkyl halides is 2. The Morgan fingerprint density at radius 3 is 2.53 bits per heavy atom. The van der Waals surface area contributed by atoms with Crippen LogP contribution in [0, 0.1) is 0 Å². The van der Waals surface area contributed by atoms with Crippen LogP contribution in [-0.4, -0.2) is 37.3 Å². The molecule has 5 atom stereocenters. The van der Waals surface area contributed by atoms with Crippen molar-refractivity contribution in [1.82, 2.24) is 14.5 Å². The van der Waals surface area contributed by atoms with Crippen molar-refractivity contribution >= 4 is 60.3 Å². The third kappa shape index (κ3) is 2.21. The molecule has 7 nitrogen and oxygen atoms in total. The molecule has 1 aromatic heterocycles. The predicted molar refractivity (Wildman–Crippen MR) is 127 cm³/mol. The molecule has 0 aliphatic carbocycles. The summed E-state index contributed by atoms with van der Waals surface area (Å²) in [6.07, 6.45) is -0.527. The van der Waals surface area contributed by atoms with Gasteiger partial charge >= 0.3 is 0 Å². The van der Waals surface area contributed by atoms with E-state index in [2.05, 4.69) is 31.9 Å². The maximum atomic E-state index is 13.8. The molecule has 6 rings (SSSR count). The molecule has 0 bridgehead atoms. The van der Waals surface area contributed by atoms with Crippen LogP contribution in [0.1, 0.15) is 37.2 Å². The van der Waals surface area contributed by atoms with Gasteiger partial charge in [0, 0.05) is 18.5 Å². The maximum Gasteiger partial charge on any atom is 0.262 e. The fourth-order valence-electron chi connectivity index (χ4n) is 5.54. The molecule has 3 aromatic rings. The number of hydrogen-bond acceptors (Lipinski definition) is 4. The summed E-state index contributed by atoms with van der Waals surface area (Å²) in [5.74, 6) is -0.105. The number of hydrogen-bond donors (Lipinski definition) is 0. The zero-order valence-corrected chi connectivity index (χ0v) is 20.4. The molecule has 0 radical (unpaired) electrons. The van der Waals surface area contributed by atoms with Gasteiger partial charge in [-0.15, -0.1) is 0 Å². The molecule has 0 saturated carbocycles. The second-order valence-electron chi connectivity index (χ2n) is 8.47. The van der Waals surface area contributed by atoms with E-state index < -0.39 is 16.7 Å². The van der Waals surface area contributed by atoms with E-state index in [9.17, 15) is 14.4 Å². The Hall–Kier alpha value is -2.52. The minimum absolute atomic E-state index is 0.142. The van der Waals surface area contributed by atoms with E-state index in [0.29, 0.717) is 16.7 Å². The number of rotatable bonds is 0. The highest BCUT2D eigenvalue weighted by atomic mass is 79.9. The van der Waals surface area contributed by atoms with Crippen LogP contribution in [0.15, 0.2) is 53.3 Å². The van der Waals surface area contributed by atoms with Crippen LogP contribution in [0.25, 0.3) is 10.9 Å². The molecule has 3 aliphatic heterocycles. The molecule has 4 heterocycles. The Balaban J connectivity index is 1.67. The lowest BCUT2D eigenvalue weighted by molar-refractivity contribution is -0.141. The van der Waals surface area contributed by atoms with Crippen LogP contribution in [0.2, 0.25) is 0 Å². The lowest BCUT2D eigenvalue weighted by atomic mass is 9.95. The lowest BCUT2D eigenvalue weighted by Crippen LogP contribution is -2.61. The SMILES string of the molecule is CC(=O)N1c2ccccc2[C@@H]2[C@H]1N1C(=O)[C@H](C)n3c(nc4ccccc4c3=O)[C@@]1(Br)[C@H]2Br. The largest absolute Gasteiger partial charge is 0.296 e. The average molecular weight is 558 g/mol. The molecule has 32 heavy (non-hydrogen) atoms. The maximum absolute atomic E-state index is 13.8. The lowest BCUT2D eigenvalue weighted by Gasteiger charge is -2.46. The number of carbonyl (C=O) groups excluding carboxylic acids is 2. The highest BCUT2D eigenvalue weighted by Crippen LogP contribution is 2.62. The summed E-state index contributed by atoms with van der Waals surface area (Å²) in [6, 6.07) is 14.1. The Bertz CT molecular complexity index is 1410. The van der Waals surface area contributed by atoms with Crippen molar-refractivity contribution < 1.29 is 9.59 Å². The Morgan fingerprint density at radius 1 is 1.09 bits per heavy atom. The van der Waals surface area contributed by atoms with Crippen molar-refractivity contribution in [2.75, 3.05) is 4.90 Å². The summed E-state index contributed by atoms with van der Waals surface area (Å²) >= 11 is 7.72. The van der Waals surface area contributed by atoms with Gasteiger partial charge in [0.25, 0.3) is 5.56 Å². The first kappa shape index (κ1) is 20.1. The normalized spacial score (nSPS) is 30.2. The average Bonchev–Trinajstić information content (AvgIpc) is 3.23. The van der Waals surface area contributed by atoms with Crippen molar-refractivity contribution in [1.29, 1.82) is 0 Å². The van der Waals surface area contributed by atoms with E-state index in [1.807, 2.05) is 30.3 Å².